The lowest BCUT2D eigenvalue weighted by molar-refractivity contribution is 0.102. The second kappa shape index (κ2) is 5.34. The van der Waals surface area contributed by atoms with E-state index >= 15 is 0 Å². The first-order valence-corrected chi connectivity index (χ1v) is 7.84. The zero-order chi connectivity index (χ0) is 16.0. The monoisotopic (exact) mass is 335 g/mol. The van der Waals surface area contributed by atoms with Gasteiger partial charge in [-0.05, 0) is 31.0 Å². The standard InChI is InChI=1S/C14H11F2N5OS/c15-10(16)13-20-21-14(23-13)19-12(22)7-3-4-8-9(5-7)18-11(17-8)6-1-2-6/h3-6,10H,1-2H2,(H,17,18)(H,19,21,22). The summed E-state index contributed by atoms with van der Waals surface area (Å²) in [6, 6.07) is 5.10. The number of aromatic nitrogens is 4. The van der Waals surface area contributed by atoms with Gasteiger partial charge in [-0.3, -0.25) is 10.1 Å². The average Bonchev–Trinajstić information content (AvgIpc) is 3.12. The van der Waals surface area contributed by atoms with Crippen molar-refractivity contribution >= 4 is 33.4 Å². The lowest BCUT2D eigenvalue weighted by Gasteiger charge is -2.00. The van der Waals surface area contributed by atoms with E-state index in [2.05, 4.69) is 25.5 Å². The van der Waals surface area contributed by atoms with E-state index in [4.69, 9.17) is 0 Å². The molecule has 1 amide bonds. The number of H-pyrrole nitrogens is 1. The summed E-state index contributed by atoms with van der Waals surface area (Å²) < 4.78 is 24.9. The number of benzene rings is 1. The fraction of sp³-hybridized carbons (Fsp3) is 0.286. The van der Waals surface area contributed by atoms with Crippen molar-refractivity contribution < 1.29 is 13.6 Å². The second-order valence-electron chi connectivity index (χ2n) is 5.33. The predicted molar refractivity (Wildman–Crippen MR) is 80.9 cm³/mol. The SMILES string of the molecule is O=C(Nc1nnc(C(F)F)s1)c1ccc2nc(C3CC3)[nH]c2c1. The van der Waals surface area contributed by atoms with E-state index in [-0.39, 0.29) is 5.13 Å². The minimum Gasteiger partial charge on any atom is -0.342 e. The van der Waals surface area contributed by atoms with Gasteiger partial charge in [0.2, 0.25) is 5.13 Å². The van der Waals surface area contributed by atoms with Crippen molar-refractivity contribution in [2.24, 2.45) is 0 Å². The smallest absolute Gasteiger partial charge is 0.291 e. The zero-order valence-corrected chi connectivity index (χ0v) is 12.5. The molecule has 2 aromatic heterocycles. The highest BCUT2D eigenvalue weighted by atomic mass is 32.1. The van der Waals surface area contributed by atoms with Gasteiger partial charge in [0.15, 0.2) is 5.01 Å². The van der Waals surface area contributed by atoms with Crippen LogP contribution in [0.1, 0.15) is 46.4 Å². The molecule has 0 saturated heterocycles. The summed E-state index contributed by atoms with van der Waals surface area (Å²) >= 11 is 0.660. The third-order valence-electron chi connectivity index (χ3n) is 3.57. The highest BCUT2D eigenvalue weighted by Gasteiger charge is 2.26. The third kappa shape index (κ3) is 2.79. The Bertz CT molecular complexity index is 886. The van der Waals surface area contributed by atoms with E-state index in [1.54, 1.807) is 18.2 Å². The van der Waals surface area contributed by atoms with Crippen LogP contribution >= 0.6 is 11.3 Å². The van der Waals surface area contributed by atoms with E-state index in [0.29, 0.717) is 22.8 Å². The van der Waals surface area contributed by atoms with Gasteiger partial charge in [0.05, 0.1) is 11.0 Å². The number of carbonyl (C=O) groups is 1. The van der Waals surface area contributed by atoms with Crippen molar-refractivity contribution in [3.05, 3.63) is 34.6 Å². The molecule has 3 aromatic rings. The number of halogens is 2. The first kappa shape index (κ1) is 14.2. The van der Waals surface area contributed by atoms with Crippen molar-refractivity contribution in [3.8, 4) is 0 Å². The van der Waals surface area contributed by atoms with Crippen LogP contribution < -0.4 is 5.32 Å². The van der Waals surface area contributed by atoms with Gasteiger partial charge in [0.25, 0.3) is 12.3 Å². The van der Waals surface area contributed by atoms with Gasteiger partial charge in [-0.25, -0.2) is 13.8 Å². The minimum absolute atomic E-state index is 0.0497. The summed E-state index contributed by atoms with van der Waals surface area (Å²) in [4.78, 5) is 19.9. The Morgan fingerprint density at radius 3 is 2.87 bits per heavy atom. The lowest BCUT2D eigenvalue weighted by atomic mass is 10.2. The molecule has 0 unspecified atom stereocenters. The molecule has 1 saturated carbocycles. The molecule has 0 bridgehead atoms. The van der Waals surface area contributed by atoms with E-state index < -0.39 is 17.3 Å². The van der Waals surface area contributed by atoms with Gasteiger partial charge in [0, 0.05) is 11.5 Å². The predicted octanol–water partition coefficient (Wildman–Crippen LogP) is 3.48. The quantitative estimate of drug-likeness (QED) is 0.764. The van der Waals surface area contributed by atoms with Crippen LogP contribution in [0.15, 0.2) is 18.2 Å². The maximum atomic E-state index is 12.5. The summed E-state index contributed by atoms with van der Waals surface area (Å²) in [6.07, 6.45) is -0.423. The lowest BCUT2D eigenvalue weighted by Crippen LogP contribution is -2.11. The molecule has 118 valence electrons. The van der Waals surface area contributed by atoms with Gasteiger partial charge in [0.1, 0.15) is 5.82 Å². The van der Waals surface area contributed by atoms with Crippen molar-refractivity contribution in [2.45, 2.75) is 25.2 Å². The van der Waals surface area contributed by atoms with Gasteiger partial charge in [-0.1, -0.05) is 11.3 Å². The van der Waals surface area contributed by atoms with E-state index in [0.717, 1.165) is 29.7 Å². The highest BCUT2D eigenvalue weighted by molar-refractivity contribution is 7.15. The van der Waals surface area contributed by atoms with E-state index in [9.17, 15) is 13.6 Å². The molecule has 2 N–H and O–H groups in total. The van der Waals surface area contributed by atoms with Gasteiger partial charge >= 0.3 is 0 Å². The van der Waals surface area contributed by atoms with Crippen molar-refractivity contribution in [2.75, 3.05) is 5.32 Å². The van der Waals surface area contributed by atoms with Crippen LogP contribution in [0.4, 0.5) is 13.9 Å². The highest BCUT2D eigenvalue weighted by Crippen LogP contribution is 2.39. The number of rotatable bonds is 4. The van der Waals surface area contributed by atoms with Crippen LogP contribution in [0.25, 0.3) is 11.0 Å². The molecule has 0 radical (unpaired) electrons. The summed E-state index contributed by atoms with van der Waals surface area (Å²) in [7, 11) is 0. The molecule has 1 fully saturated rings. The number of alkyl halides is 2. The zero-order valence-electron chi connectivity index (χ0n) is 11.7. The summed E-state index contributed by atoms with van der Waals surface area (Å²) in [5, 5.41) is 8.98. The van der Waals surface area contributed by atoms with Crippen molar-refractivity contribution in [1.29, 1.82) is 0 Å². The maximum absolute atomic E-state index is 12.5. The Morgan fingerprint density at radius 2 is 2.17 bits per heavy atom. The van der Waals surface area contributed by atoms with Crippen LogP contribution in [-0.2, 0) is 0 Å². The molecule has 1 aliphatic rings. The molecule has 2 heterocycles. The number of hydrogen-bond donors (Lipinski definition) is 2. The summed E-state index contributed by atoms with van der Waals surface area (Å²) in [6.45, 7) is 0. The number of anilines is 1. The van der Waals surface area contributed by atoms with Gasteiger partial charge in [-0.2, -0.15) is 0 Å². The van der Waals surface area contributed by atoms with Crippen LogP contribution in [0.3, 0.4) is 0 Å². The Morgan fingerprint density at radius 1 is 1.35 bits per heavy atom. The molecule has 6 nitrogen and oxygen atoms in total. The Kier molecular flexibility index (Phi) is 3.29. The Hall–Kier alpha value is -2.42. The second-order valence-corrected chi connectivity index (χ2v) is 6.34. The molecule has 4 rings (SSSR count). The number of hydrogen-bond acceptors (Lipinski definition) is 5. The molecule has 0 aliphatic heterocycles. The first-order valence-electron chi connectivity index (χ1n) is 7.03. The van der Waals surface area contributed by atoms with Crippen LogP contribution in [-0.4, -0.2) is 26.1 Å². The van der Waals surface area contributed by atoms with E-state index in [1.165, 1.54) is 0 Å². The average molecular weight is 335 g/mol. The van der Waals surface area contributed by atoms with Crippen molar-refractivity contribution in [1.82, 2.24) is 20.2 Å². The normalized spacial score (nSPS) is 14.6. The number of nitrogens with zero attached hydrogens (tertiary/aromatic N) is 3. The maximum Gasteiger partial charge on any atom is 0.291 e. The van der Waals surface area contributed by atoms with Crippen molar-refractivity contribution in [3.63, 3.8) is 0 Å². The first-order chi connectivity index (χ1) is 11.1. The van der Waals surface area contributed by atoms with Crippen LogP contribution in [0, 0.1) is 0 Å². The third-order valence-corrected chi connectivity index (χ3v) is 4.42. The molecule has 1 aliphatic carbocycles. The summed E-state index contributed by atoms with van der Waals surface area (Å²) in [5.74, 6) is 1.02. The molecule has 9 heteroatoms. The fourth-order valence-corrected chi connectivity index (χ4v) is 2.86. The Labute approximate surface area is 133 Å². The van der Waals surface area contributed by atoms with Crippen LogP contribution in [0.5, 0.6) is 0 Å². The molecular formula is C14H11F2N5OS. The number of amides is 1. The van der Waals surface area contributed by atoms with Gasteiger partial charge < -0.3 is 4.98 Å². The number of aromatic amines is 1. The fourth-order valence-electron chi connectivity index (χ4n) is 2.26. The largest absolute Gasteiger partial charge is 0.342 e. The molecular weight excluding hydrogens is 324 g/mol. The molecule has 0 atom stereocenters. The number of fused-ring (bicyclic) bond motifs is 1. The minimum atomic E-state index is -2.69. The number of carbonyl (C=O) groups excluding carboxylic acids is 1. The molecule has 0 spiro atoms. The van der Waals surface area contributed by atoms with E-state index in [1.807, 2.05) is 0 Å². The number of nitrogens with one attached hydrogen (secondary N) is 2. The molecule has 1 aromatic carbocycles. The van der Waals surface area contributed by atoms with Crippen LogP contribution in [0.2, 0.25) is 0 Å². The van der Waals surface area contributed by atoms with Gasteiger partial charge in [-0.15, -0.1) is 10.2 Å². The number of imidazole rings is 1. The Balaban J connectivity index is 1.55. The molecule has 23 heavy (non-hydrogen) atoms. The summed E-state index contributed by atoms with van der Waals surface area (Å²) in [5.41, 5.74) is 1.99. The topological polar surface area (TPSA) is 83.6 Å².